The molecule has 59 heavy (non-hydrogen) atoms. The molecule has 13 N–H and O–H groups in total. The Hall–Kier alpha value is -5.37. The van der Waals surface area contributed by atoms with E-state index in [9.17, 15) is 43.6 Å². The molecule has 1 heterocycles. The highest BCUT2D eigenvalue weighted by Gasteiger charge is 2.38. The molecule has 2 aromatic rings. The van der Waals surface area contributed by atoms with Crippen molar-refractivity contribution >= 4 is 48.5 Å². The molecule has 1 saturated heterocycles. The van der Waals surface area contributed by atoms with E-state index >= 15 is 0 Å². The maximum atomic E-state index is 13.9. The highest BCUT2D eigenvalue weighted by molar-refractivity contribution is 6.43. The largest absolute Gasteiger partial charge is 0.490 e. The number of rotatable bonds is 24. The molecule has 18 nitrogen and oxygen atoms in total. The van der Waals surface area contributed by atoms with Gasteiger partial charge in [0.05, 0.1) is 0 Å². The topological polar surface area (TPSA) is 301 Å². The molecule has 0 aromatic heterocycles. The van der Waals surface area contributed by atoms with E-state index in [4.69, 9.17) is 17.2 Å². The van der Waals surface area contributed by atoms with Gasteiger partial charge in [0, 0.05) is 31.5 Å². The summed E-state index contributed by atoms with van der Waals surface area (Å²) in [6.45, 7) is 4.15. The Bertz CT molecular complexity index is 1730. The number of nitrogens with two attached hydrogens (primary N) is 3. The lowest BCUT2D eigenvalue weighted by molar-refractivity contribution is -0.142. The summed E-state index contributed by atoms with van der Waals surface area (Å²) < 4.78 is 0. The number of nitrogens with zero attached hydrogens (tertiary/aromatic N) is 1. The summed E-state index contributed by atoms with van der Waals surface area (Å²) in [5.41, 5.74) is 20.1. The Morgan fingerprint density at radius 2 is 1.49 bits per heavy atom. The van der Waals surface area contributed by atoms with Crippen molar-refractivity contribution < 1.29 is 43.6 Å². The van der Waals surface area contributed by atoms with Crippen LogP contribution in [0.5, 0.6) is 0 Å². The lowest BCUT2D eigenvalue weighted by Gasteiger charge is -2.29. The van der Waals surface area contributed by atoms with Crippen LogP contribution in [0.3, 0.4) is 0 Å². The highest BCUT2D eigenvalue weighted by atomic mass is 16.4. The number of aryl methyl sites for hydroxylation is 1. The van der Waals surface area contributed by atoms with Gasteiger partial charge in [0.1, 0.15) is 30.2 Å². The molecule has 19 heteroatoms. The number of likely N-dealkylation sites (tertiary alicyclic amines) is 1. The quantitative estimate of drug-likeness (QED) is 0.0351. The summed E-state index contributed by atoms with van der Waals surface area (Å²) in [5, 5.41) is 31.0. The number of carbonyl (C=O) groups is 7. The minimum absolute atomic E-state index is 0.0191. The van der Waals surface area contributed by atoms with Crippen LogP contribution in [0, 0.1) is 0 Å². The third-order valence-corrected chi connectivity index (χ3v) is 10.0. The molecule has 0 saturated carbocycles. The predicted octanol–water partition coefficient (Wildman–Crippen LogP) is -0.911. The maximum Gasteiger partial charge on any atom is 0.490 e. The highest BCUT2D eigenvalue weighted by Crippen LogP contribution is 2.22. The van der Waals surface area contributed by atoms with Gasteiger partial charge in [-0.2, -0.15) is 0 Å². The lowest BCUT2D eigenvalue weighted by atomic mass is 9.86. The Kier molecular flexibility index (Phi) is 20.0. The smallest absolute Gasteiger partial charge is 0.425 e. The first kappa shape index (κ1) is 48.0. The van der Waals surface area contributed by atoms with E-state index in [-0.39, 0.29) is 44.7 Å². The third kappa shape index (κ3) is 15.7. The summed E-state index contributed by atoms with van der Waals surface area (Å²) in [4.78, 5) is 91.7. The van der Waals surface area contributed by atoms with Gasteiger partial charge in [-0.1, -0.05) is 49.7 Å². The molecule has 1 fully saturated rings. The summed E-state index contributed by atoms with van der Waals surface area (Å²) in [7, 11) is -2.10. The van der Waals surface area contributed by atoms with Crippen molar-refractivity contribution in [2.24, 2.45) is 17.2 Å². The number of carbonyl (C=O) groups excluding carboxylic acids is 7. The second-order valence-electron chi connectivity index (χ2n) is 14.7. The van der Waals surface area contributed by atoms with Crippen LogP contribution >= 0.6 is 0 Å². The molecule has 3 rings (SSSR count). The number of hydrogen-bond donors (Lipinski definition) is 10. The Balaban J connectivity index is 1.56. The van der Waals surface area contributed by atoms with E-state index in [1.807, 2.05) is 12.1 Å². The summed E-state index contributed by atoms with van der Waals surface area (Å²) in [6.07, 6.45) is 4.84. The number of nitrogens with one attached hydrogen (secondary N) is 5. The first-order valence-corrected chi connectivity index (χ1v) is 20.2. The number of hydrogen-bond acceptors (Lipinski definition) is 11. The van der Waals surface area contributed by atoms with Gasteiger partial charge in [-0.05, 0) is 93.7 Å². The van der Waals surface area contributed by atoms with Crippen LogP contribution in [0.25, 0.3) is 11.1 Å². The van der Waals surface area contributed by atoms with Gasteiger partial charge in [-0.25, -0.2) is 0 Å². The monoisotopic (exact) mass is 821 g/mol. The second kappa shape index (κ2) is 24.5. The minimum Gasteiger partial charge on any atom is -0.425 e. The number of primary amides is 1. The van der Waals surface area contributed by atoms with Crippen molar-refractivity contribution in [2.75, 3.05) is 19.6 Å². The van der Waals surface area contributed by atoms with Gasteiger partial charge < -0.3 is 58.7 Å². The summed E-state index contributed by atoms with van der Waals surface area (Å²) in [6, 6.07) is 9.49. The van der Waals surface area contributed by atoms with Crippen molar-refractivity contribution in [1.82, 2.24) is 31.5 Å². The van der Waals surface area contributed by atoms with Crippen LogP contribution in [0.2, 0.25) is 0 Å². The molecule has 0 bridgehead atoms. The van der Waals surface area contributed by atoms with Crippen LogP contribution in [0.4, 0.5) is 0 Å². The van der Waals surface area contributed by atoms with E-state index in [1.54, 1.807) is 12.1 Å². The van der Waals surface area contributed by atoms with E-state index in [1.165, 1.54) is 17.4 Å². The first-order valence-electron chi connectivity index (χ1n) is 20.2. The molecule has 1 aliphatic rings. The van der Waals surface area contributed by atoms with Crippen molar-refractivity contribution in [1.29, 1.82) is 0 Å². The predicted molar refractivity (Wildman–Crippen MR) is 221 cm³/mol. The van der Waals surface area contributed by atoms with E-state index < -0.39 is 72.8 Å². The van der Waals surface area contributed by atoms with Gasteiger partial charge in [-0.3, -0.25) is 33.6 Å². The zero-order valence-corrected chi connectivity index (χ0v) is 33.9. The molecule has 0 spiro atoms. The zero-order valence-electron chi connectivity index (χ0n) is 33.9. The van der Waals surface area contributed by atoms with Crippen molar-refractivity contribution in [3.05, 3.63) is 59.7 Å². The first-order chi connectivity index (χ1) is 28.1. The normalized spacial score (nSPS) is 15.6. The van der Waals surface area contributed by atoms with Gasteiger partial charge >= 0.3 is 7.12 Å². The van der Waals surface area contributed by atoms with Gasteiger partial charge in [0.25, 0.3) is 5.91 Å². The van der Waals surface area contributed by atoms with Crippen LogP contribution in [0.15, 0.2) is 48.5 Å². The number of unbranched alkanes of at least 4 members (excludes halogenated alkanes) is 2. The Labute approximate surface area is 345 Å². The molecule has 5 atom stereocenters. The van der Waals surface area contributed by atoms with E-state index in [2.05, 4.69) is 57.8 Å². The minimum atomic E-state index is -2.10. The molecular weight excluding hydrogens is 761 g/mol. The van der Waals surface area contributed by atoms with Gasteiger partial charge in [-0.15, -0.1) is 0 Å². The fourth-order valence-electron chi connectivity index (χ4n) is 6.54. The SMILES string of the molecule is CCCCc1ccc(-c2ccc(C(=O)NCCC(=O)N[C@@H](CCCCN)C(=O)N3CCC[C@H]3C(=O)N[C@@H](C)C(=O)N[C@@H](CCC(N)=O)C(=O)N[C@@H](N)B(O)O)cc2)cc1. The molecule has 7 amide bonds. The van der Waals surface area contributed by atoms with Crippen LogP contribution < -0.4 is 43.8 Å². The lowest BCUT2D eigenvalue weighted by Crippen LogP contribution is -2.60. The van der Waals surface area contributed by atoms with Gasteiger partial charge in [0.15, 0.2) is 0 Å². The molecular formula is C40H60BN9O9. The summed E-state index contributed by atoms with van der Waals surface area (Å²) in [5.74, 6) is -4.40. The fraction of sp³-hybridized carbons (Fsp3) is 0.525. The fourth-order valence-corrected chi connectivity index (χ4v) is 6.54. The standard InChI is InChI=1S/C40H60BN9O9/c1-3-4-8-26-11-13-27(14-12-26)28-15-17-29(18-16-28)36(54)45-23-21-34(52)47-31(9-5-6-22-42)39(57)50-24-7-10-32(50)38(56)46-25(2)35(53)48-30(19-20-33(43)51)37(55)49-40(44)41(58)59/h11-18,25,30-32,40,58-59H,3-10,19-24,42,44H2,1-2H3,(H2,43,51)(H,45,54)(H,46,56)(H,47,52)(H,48,53)(H,49,55)/t25-,30-,31-,32-,40+/m0/s1. The molecule has 0 radical (unpaired) electrons. The second-order valence-corrected chi connectivity index (χ2v) is 14.7. The molecule has 0 unspecified atom stereocenters. The maximum absolute atomic E-state index is 13.9. The molecule has 0 aliphatic carbocycles. The van der Waals surface area contributed by atoms with Crippen molar-refractivity contribution in [2.45, 2.75) is 115 Å². The average molecular weight is 822 g/mol. The van der Waals surface area contributed by atoms with Crippen LogP contribution in [-0.4, -0.2) is 113 Å². The Morgan fingerprint density at radius 3 is 2.10 bits per heavy atom. The summed E-state index contributed by atoms with van der Waals surface area (Å²) >= 11 is 0. The van der Waals surface area contributed by atoms with Crippen molar-refractivity contribution in [3.63, 3.8) is 0 Å². The molecule has 1 aliphatic heterocycles. The number of amides is 7. The third-order valence-electron chi connectivity index (χ3n) is 10.0. The zero-order chi connectivity index (χ0) is 43.5. The van der Waals surface area contributed by atoms with Gasteiger partial charge in [0.2, 0.25) is 35.4 Å². The number of benzene rings is 2. The molecule has 2 aromatic carbocycles. The van der Waals surface area contributed by atoms with Crippen LogP contribution in [0.1, 0.15) is 94.0 Å². The Morgan fingerprint density at radius 1 is 0.831 bits per heavy atom. The van der Waals surface area contributed by atoms with E-state index in [0.717, 1.165) is 30.4 Å². The van der Waals surface area contributed by atoms with Crippen LogP contribution in [-0.2, 0) is 35.2 Å². The van der Waals surface area contributed by atoms with Crippen molar-refractivity contribution in [3.8, 4) is 11.1 Å². The molecule has 322 valence electrons. The van der Waals surface area contributed by atoms with E-state index in [0.29, 0.717) is 37.8 Å². The average Bonchev–Trinajstić information content (AvgIpc) is 3.71.